The number of pyridine rings is 1. The van der Waals surface area contributed by atoms with Crippen LogP contribution in [0.25, 0.3) is 11.4 Å². The molecule has 0 aliphatic heterocycles. The van der Waals surface area contributed by atoms with E-state index in [0.29, 0.717) is 17.1 Å². The van der Waals surface area contributed by atoms with Crippen LogP contribution in [0.15, 0.2) is 24.5 Å². The SMILES string of the molecule is COc1ccc(-c2nn(C)cc2N)nc1. The summed E-state index contributed by atoms with van der Waals surface area (Å²) in [6.45, 7) is 0. The van der Waals surface area contributed by atoms with Gasteiger partial charge in [0.15, 0.2) is 0 Å². The molecule has 0 amide bonds. The lowest BCUT2D eigenvalue weighted by Gasteiger charge is -2.00. The van der Waals surface area contributed by atoms with Crippen LogP contribution >= 0.6 is 0 Å². The Kier molecular flexibility index (Phi) is 2.29. The highest BCUT2D eigenvalue weighted by molar-refractivity contribution is 5.69. The van der Waals surface area contributed by atoms with Crippen LogP contribution < -0.4 is 10.5 Å². The number of anilines is 1. The summed E-state index contributed by atoms with van der Waals surface area (Å²) in [5.41, 5.74) is 7.85. The number of aryl methyl sites for hydroxylation is 1. The van der Waals surface area contributed by atoms with Gasteiger partial charge in [-0.1, -0.05) is 0 Å². The largest absolute Gasteiger partial charge is 0.495 e. The second-order valence-corrected chi connectivity index (χ2v) is 3.19. The van der Waals surface area contributed by atoms with Gasteiger partial charge in [-0.2, -0.15) is 5.10 Å². The van der Waals surface area contributed by atoms with Crippen molar-refractivity contribution in [3.8, 4) is 17.1 Å². The molecule has 0 fully saturated rings. The van der Waals surface area contributed by atoms with Crippen LogP contribution in [0.5, 0.6) is 5.75 Å². The number of hydrogen-bond acceptors (Lipinski definition) is 4. The van der Waals surface area contributed by atoms with Crippen molar-refractivity contribution < 1.29 is 4.74 Å². The Morgan fingerprint density at radius 2 is 2.20 bits per heavy atom. The molecule has 2 aromatic rings. The van der Waals surface area contributed by atoms with Gasteiger partial charge in [-0.25, -0.2) is 0 Å². The second-order valence-electron chi connectivity index (χ2n) is 3.19. The Morgan fingerprint density at radius 1 is 1.40 bits per heavy atom. The summed E-state index contributed by atoms with van der Waals surface area (Å²) in [6, 6.07) is 3.66. The zero-order chi connectivity index (χ0) is 10.8. The number of nitrogens with zero attached hydrogens (tertiary/aromatic N) is 3. The van der Waals surface area contributed by atoms with Crippen LogP contribution in [-0.2, 0) is 7.05 Å². The summed E-state index contributed by atoms with van der Waals surface area (Å²) < 4.78 is 6.68. The van der Waals surface area contributed by atoms with Gasteiger partial charge in [0, 0.05) is 13.2 Å². The van der Waals surface area contributed by atoms with E-state index in [2.05, 4.69) is 10.1 Å². The van der Waals surface area contributed by atoms with Gasteiger partial charge in [0.05, 0.1) is 24.7 Å². The lowest BCUT2D eigenvalue weighted by molar-refractivity contribution is 0.413. The number of nitrogen functional groups attached to an aromatic ring is 1. The van der Waals surface area contributed by atoms with Crippen LogP contribution in [0.1, 0.15) is 0 Å². The van der Waals surface area contributed by atoms with Gasteiger partial charge in [-0.3, -0.25) is 9.67 Å². The molecule has 5 nitrogen and oxygen atoms in total. The van der Waals surface area contributed by atoms with Crippen LogP contribution in [0, 0.1) is 0 Å². The Labute approximate surface area is 87.5 Å². The summed E-state index contributed by atoms with van der Waals surface area (Å²) in [5.74, 6) is 0.716. The smallest absolute Gasteiger partial charge is 0.137 e. The fraction of sp³-hybridized carbons (Fsp3) is 0.200. The Morgan fingerprint density at radius 3 is 2.67 bits per heavy atom. The fourth-order valence-electron chi connectivity index (χ4n) is 1.35. The Hall–Kier alpha value is -2.04. The third-order valence-corrected chi connectivity index (χ3v) is 2.07. The summed E-state index contributed by atoms with van der Waals surface area (Å²) in [4.78, 5) is 4.21. The molecule has 0 aromatic carbocycles. The average molecular weight is 204 g/mol. The minimum atomic E-state index is 0.621. The minimum absolute atomic E-state index is 0.621. The van der Waals surface area contributed by atoms with E-state index in [9.17, 15) is 0 Å². The van der Waals surface area contributed by atoms with E-state index >= 15 is 0 Å². The van der Waals surface area contributed by atoms with Crippen LogP contribution in [-0.4, -0.2) is 21.9 Å². The summed E-state index contributed by atoms with van der Waals surface area (Å²) >= 11 is 0. The van der Waals surface area contributed by atoms with Crippen molar-refractivity contribution in [1.82, 2.24) is 14.8 Å². The number of nitrogens with two attached hydrogens (primary N) is 1. The highest BCUT2D eigenvalue weighted by Gasteiger charge is 2.08. The highest BCUT2D eigenvalue weighted by Crippen LogP contribution is 2.22. The number of aromatic nitrogens is 3. The van der Waals surface area contributed by atoms with E-state index in [4.69, 9.17) is 10.5 Å². The Balaban J connectivity index is 2.41. The zero-order valence-electron chi connectivity index (χ0n) is 8.64. The van der Waals surface area contributed by atoms with Crippen molar-refractivity contribution in [2.45, 2.75) is 0 Å². The van der Waals surface area contributed by atoms with E-state index < -0.39 is 0 Å². The molecule has 0 spiro atoms. The van der Waals surface area contributed by atoms with Crippen molar-refractivity contribution >= 4 is 5.69 Å². The number of methoxy groups -OCH3 is 1. The average Bonchev–Trinajstić information content (AvgIpc) is 2.58. The maximum Gasteiger partial charge on any atom is 0.137 e. The minimum Gasteiger partial charge on any atom is -0.495 e. The standard InChI is InChI=1S/C10H12N4O/c1-14-6-8(11)10(13-14)9-4-3-7(15-2)5-12-9/h3-6H,11H2,1-2H3. The van der Waals surface area contributed by atoms with Gasteiger partial charge in [-0.05, 0) is 12.1 Å². The first-order chi connectivity index (χ1) is 7.20. The van der Waals surface area contributed by atoms with E-state index in [1.54, 1.807) is 24.2 Å². The molecule has 2 N–H and O–H groups in total. The van der Waals surface area contributed by atoms with Crippen molar-refractivity contribution in [2.75, 3.05) is 12.8 Å². The molecular formula is C10H12N4O. The van der Waals surface area contributed by atoms with E-state index in [1.807, 2.05) is 19.2 Å². The normalized spacial score (nSPS) is 10.3. The Bertz CT molecular complexity index is 461. The molecule has 2 heterocycles. The first kappa shape index (κ1) is 9.51. The van der Waals surface area contributed by atoms with Crippen LogP contribution in [0.4, 0.5) is 5.69 Å². The van der Waals surface area contributed by atoms with Crippen LogP contribution in [0.3, 0.4) is 0 Å². The zero-order valence-corrected chi connectivity index (χ0v) is 8.64. The monoisotopic (exact) mass is 204 g/mol. The van der Waals surface area contributed by atoms with Crippen molar-refractivity contribution in [2.24, 2.45) is 7.05 Å². The first-order valence-electron chi connectivity index (χ1n) is 4.50. The van der Waals surface area contributed by atoms with Gasteiger partial charge in [0.1, 0.15) is 11.4 Å². The topological polar surface area (TPSA) is 66.0 Å². The molecule has 78 valence electrons. The summed E-state index contributed by atoms with van der Waals surface area (Å²) in [6.07, 6.45) is 3.39. The highest BCUT2D eigenvalue weighted by atomic mass is 16.5. The second kappa shape index (κ2) is 3.61. The third kappa shape index (κ3) is 1.76. The first-order valence-corrected chi connectivity index (χ1v) is 4.50. The van der Waals surface area contributed by atoms with Crippen molar-refractivity contribution in [3.63, 3.8) is 0 Å². The molecular weight excluding hydrogens is 192 g/mol. The van der Waals surface area contributed by atoms with Crippen molar-refractivity contribution in [3.05, 3.63) is 24.5 Å². The quantitative estimate of drug-likeness (QED) is 0.794. The van der Waals surface area contributed by atoms with Gasteiger partial charge in [-0.15, -0.1) is 0 Å². The molecule has 0 radical (unpaired) electrons. The van der Waals surface area contributed by atoms with Gasteiger partial charge < -0.3 is 10.5 Å². The molecule has 2 aromatic heterocycles. The maximum atomic E-state index is 5.79. The third-order valence-electron chi connectivity index (χ3n) is 2.07. The molecule has 15 heavy (non-hydrogen) atoms. The fourth-order valence-corrected chi connectivity index (χ4v) is 1.35. The van der Waals surface area contributed by atoms with E-state index in [0.717, 1.165) is 5.69 Å². The van der Waals surface area contributed by atoms with Gasteiger partial charge in [0.25, 0.3) is 0 Å². The van der Waals surface area contributed by atoms with Crippen LogP contribution in [0.2, 0.25) is 0 Å². The predicted octanol–water partition coefficient (Wildman–Crippen LogP) is 1.07. The number of ether oxygens (including phenoxy) is 1. The molecule has 0 saturated carbocycles. The molecule has 5 heteroatoms. The molecule has 0 atom stereocenters. The predicted molar refractivity (Wildman–Crippen MR) is 57.4 cm³/mol. The summed E-state index contributed by atoms with van der Waals surface area (Å²) in [5, 5.41) is 4.22. The molecule has 2 rings (SSSR count). The van der Waals surface area contributed by atoms with Gasteiger partial charge >= 0.3 is 0 Å². The van der Waals surface area contributed by atoms with E-state index in [-0.39, 0.29) is 0 Å². The maximum absolute atomic E-state index is 5.79. The number of rotatable bonds is 2. The lowest BCUT2D eigenvalue weighted by atomic mass is 10.2. The number of hydrogen-bond donors (Lipinski definition) is 1. The lowest BCUT2D eigenvalue weighted by Crippen LogP contribution is -1.91. The molecule has 0 unspecified atom stereocenters. The molecule has 0 bridgehead atoms. The van der Waals surface area contributed by atoms with Crippen molar-refractivity contribution in [1.29, 1.82) is 0 Å². The van der Waals surface area contributed by atoms with E-state index in [1.165, 1.54) is 0 Å². The molecule has 0 aliphatic carbocycles. The molecule has 0 aliphatic rings. The molecule has 0 saturated heterocycles. The summed E-state index contributed by atoms with van der Waals surface area (Å²) in [7, 11) is 3.43. The van der Waals surface area contributed by atoms with Gasteiger partial charge in [0.2, 0.25) is 0 Å².